The lowest BCUT2D eigenvalue weighted by atomic mass is 10.1. The predicted octanol–water partition coefficient (Wildman–Crippen LogP) is 2.32. The van der Waals surface area contributed by atoms with Crippen LogP contribution in [-0.2, 0) is 0 Å². The molecule has 0 amide bonds. The van der Waals surface area contributed by atoms with Gasteiger partial charge in [-0.1, -0.05) is 0 Å². The van der Waals surface area contributed by atoms with Crippen LogP contribution < -0.4 is 11.1 Å². The monoisotopic (exact) mass is 251 g/mol. The summed E-state index contributed by atoms with van der Waals surface area (Å²) in [4.78, 5) is 12.7. The molecule has 0 aliphatic heterocycles. The van der Waals surface area contributed by atoms with Crippen molar-refractivity contribution in [3.8, 4) is 11.3 Å². The fourth-order valence-corrected chi connectivity index (χ4v) is 2.00. The predicted molar refractivity (Wildman–Crippen MR) is 76.7 cm³/mol. The minimum atomic E-state index is 0.512. The number of rotatable bonds is 2. The largest absolute Gasteiger partial charge is 0.383 e. The van der Waals surface area contributed by atoms with Crippen molar-refractivity contribution in [2.45, 2.75) is 0 Å². The van der Waals surface area contributed by atoms with Crippen LogP contribution in [0.25, 0.3) is 22.0 Å². The molecule has 0 aliphatic carbocycles. The molecule has 3 aromatic rings. The van der Waals surface area contributed by atoms with Gasteiger partial charge in [-0.2, -0.15) is 0 Å². The lowest BCUT2D eigenvalue weighted by Gasteiger charge is -2.07. The van der Waals surface area contributed by atoms with Crippen LogP contribution in [0.1, 0.15) is 0 Å². The lowest BCUT2D eigenvalue weighted by molar-refractivity contribution is 1.27. The number of pyridine rings is 3. The average Bonchev–Trinajstić information content (AvgIpc) is 2.47. The van der Waals surface area contributed by atoms with Gasteiger partial charge in [-0.3, -0.25) is 4.98 Å². The number of fused-ring (bicyclic) bond motifs is 1. The lowest BCUT2D eigenvalue weighted by Crippen LogP contribution is -1.96. The number of aromatic nitrogens is 3. The van der Waals surface area contributed by atoms with Gasteiger partial charge in [0.25, 0.3) is 0 Å². The molecule has 3 N–H and O–H groups in total. The van der Waals surface area contributed by atoms with Crippen LogP contribution in [0, 0.1) is 0 Å². The van der Waals surface area contributed by atoms with Crippen LogP contribution >= 0.6 is 0 Å². The van der Waals surface area contributed by atoms with Crippen molar-refractivity contribution in [3.63, 3.8) is 0 Å². The number of nitrogen functional groups attached to an aromatic ring is 1. The minimum Gasteiger partial charge on any atom is -0.383 e. The summed E-state index contributed by atoms with van der Waals surface area (Å²) in [7, 11) is 1.83. The van der Waals surface area contributed by atoms with Gasteiger partial charge in [0, 0.05) is 42.0 Å². The maximum absolute atomic E-state index is 5.99. The Bertz CT molecular complexity index is 739. The first kappa shape index (κ1) is 11.4. The van der Waals surface area contributed by atoms with Gasteiger partial charge in [-0.25, -0.2) is 9.97 Å². The van der Waals surface area contributed by atoms with Crippen LogP contribution in [0.15, 0.2) is 42.9 Å². The molecule has 0 fully saturated rings. The van der Waals surface area contributed by atoms with Gasteiger partial charge in [0.15, 0.2) is 0 Å². The molecule has 5 heteroatoms. The molecule has 0 aliphatic rings. The topological polar surface area (TPSA) is 76.7 Å². The Kier molecular flexibility index (Phi) is 2.72. The van der Waals surface area contributed by atoms with E-state index in [9.17, 15) is 0 Å². The van der Waals surface area contributed by atoms with Crippen molar-refractivity contribution < 1.29 is 0 Å². The van der Waals surface area contributed by atoms with Crippen molar-refractivity contribution in [2.24, 2.45) is 0 Å². The molecular weight excluding hydrogens is 238 g/mol. The van der Waals surface area contributed by atoms with Crippen molar-refractivity contribution in [1.29, 1.82) is 0 Å². The Morgan fingerprint density at radius 3 is 2.89 bits per heavy atom. The summed E-state index contributed by atoms with van der Waals surface area (Å²) in [6, 6.07) is 7.69. The third-order valence-electron chi connectivity index (χ3n) is 2.97. The standard InChI is InChI=1S/C14H13N5/c1-16-13-7-9(2-5-18-13)12-6-10-8-17-4-3-11(10)14(15)19-12/h2-8H,1H3,(H2,15,19)(H,16,18). The number of anilines is 2. The first-order valence-electron chi connectivity index (χ1n) is 5.92. The highest BCUT2D eigenvalue weighted by atomic mass is 14.9. The molecule has 0 saturated carbocycles. The normalized spacial score (nSPS) is 10.6. The molecule has 3 heterocycles. The minimum absolute atomic E-state index is 0.512. The summed E-state index contributed by atoms with van der Waals surface area (Å²) in [5, 5.41) is 4.90. The molecule has 0 bridgehead atoms. The number of nitrogens with one attached hydrogen (secondary N) is 1. The molecule has 0 aromatic carbocycles. The van der Waals surface area contributed by atoms with Crippen LogP contribution in [0.3, 0.4) is 0 Å². The van der Waals surface area contributed by atoms with E-state index < -0.39 is 0 Å². The van der Waals surface area contributed by atoms with Gasteiger partial charge in [-0.15, -0.1) is 0 Å². The Morgan fingerprint density at radius 2 is 2.05 bits per heavy atom. The van der Waals surface area contributed by atoms with Gasteiger partial charge in [0.05, 0.1) is 5.69 Å². The van der Waals surface area contributed by atoms with Crippen LogP contribution in [0.4, 0.5) is 11.6 Å². The molecule has 0 unspecified atom stereocenters. The van der Waals surface area contributed by atoms with Gasteiger partial charge < -0.3 is 11.1 Å². The second kappa shape index (κ2) is 4.53. The van der Waals surface area contributed by atoms with E-state index >= 15 is 0 Å². The van der Waals surface area contributed by atoms with E-state index in [0.29, 0.717) is 5.82 Å². The fourth-order valence-electron chi connectivity index (χ4n) is 2.00. The van der Waals surface area contributed by atoms with E-state index in [1.54, 1.807) is 18.6 Å². The maximum atomic E-state index is 5.99. The van der Waals surface area contributed by atoms with E-state index in [-0.39, 0.29) is 0 Å². The maximum Gasteiger partial charge on any atom is 0.132 e. The Balaban J connectivity index is 2.19. The van der Waals surface area contributed by atoms with Crippen LogP contribution in [-0.4, -0.2) is 22.0 Å². The van der Waals surface area contributed by atoms with Crippen LogP contribution in [0.2, 0.25) is 0 Å². The second-order valence-electron chi connectivity index (χ2n) is 4.17. The molecule has 0 atom stereocenters. The quantitative estimate of drug-likeness (QED) is 0.731. The molecule has 19 heavy (non-hydrogen) atoms. The fraction of sp³-hybridized carbons (Fsp3) is 0.0714. The number of nitrogens with zero attached hydrogens (tertiary/aromatic N) is 3. The third kappa shape index (κ3) is 2.06. The van der Waals surface area contributed by atoms with Crippen molar-refractivity contribution in [2.75, 3.05) is 18.1 Å². The van der Waals surface area contributed by atoms with Crippen molar-refractivity contribution in [1.82, 2.24) is 15.0 Å². The van der Waals surface area contributed by atoms with Crippen molar-refractivity contribution >= 4 is 22.4 Å². The van der Waals surface area contributed by atoms with Gasteiger partial charge in [0.2, 0.25) is 0 Å². The molecule has 3 aromatic heterocycles. The molecular formula is C14H13N5. The van der Waals surface area contributed by atoms with E-state index in [2.05, 4.69) is 20.3 Å². The Hall–Kier alpha value is -2.69. The zero-order chi connectivity index (χ0) is 13.2. The van der Waals surface area contributed by atoms with E-state index in [1.807, 2.05) is 31.3 Å². The third-order valence-corrected chi connectivity index (χ3v) is 2.97. The van der Waals surface area contributed by atoms with Gasteiger partial charge in [-0.05, 0) is 24.3 Å². The smallest absolute Gasteiger partial charge is 0.132 e. The first-order valence-corrected chi connectivity index (χ1v) is 5.92. The van der Waals surface area contributed by atoms with Crippen LogP contribution in [0.5, 0.6) is 0 Å². The van der Waals surface area contributed by atoms with E-state index in [1.165, 1.54) is 0 Å². The molecule has 5 nitrogen and oxygen atoms in total. The number of hydrogen-bond acceptors (Lipinski definition) is 5. The molecule has 0 saturated heterocycles. The summed E-state index contributed by atoms with van der Waals surface area (Å²) in [6.07, 6.45) is 5.25. The van der Waals surface area contributed by atoms with E-state index in [4.69, 9.17) is 5.73 Å². The van der Waals surface area contributed by atoms with Crippen molar-refractivity contribution in [3.05, 3.63) is 42.9 Å². The summed E-state index contributed by atoms with van der Waals surface area (Å²) < 4.78 is 0. The summed E-state index contributed by atoms with van der Waals surface area (Å²) in [6.45, 7) is 0. The molecule has 0 radical (unpaired) electrons. The molecule has 3 rings (SSSR count). The second-order valence-corrected chi connectivity index (χ2v) is 4.17. The average molecular weight is 251 g/mol. The SMILES string of the molecule is CNc1cc(-c2cc3cnccc3c(N)n2)ccn1. The van der Waals surface area contributed by atoms with Gasteiger partial charge in [0.1, 0.15) is 11.6 Å². The highest BCUT2D eigenvalue weighted by Gasteiger charge is 2.06. The van der Waals surface area contributed by atoms with E-state index in [0.717, 1.165) is 27.8 Å². The highest BCUT2D eigenvalue weighted by Crippen LogP contribution is 2.26. The first-order chi connectivity index (χ1) is 9.28. The zero-order valence-corrected chi connectivity index (χ0v) is 10.5. The Labute approximate surface area is 110 Å². The zero-order valence-electron chi connectivity index (χ0n) is 10.5. The van der Waals surface area contributed by atoms with Gasteiger partial charge >= 0.3 is 0 Å². The summed E-state index contributed by atoms with van der Waals surface area (Å²) in [5.41, 5.74) is 7.78. The number of nitrogens with two attached hydrogens (primary N) is 1. The Morgan fingerprint density at radius 1 is 1.16 bits per heavy atom. The summed E-state index contributed by atoms with van der Waals surface area (Å²) >= 11 is 0. The highest BCUT2D eigenvalue weighted by molar-refractivity contribution is 5.93. The molecule has 94 valence electrons. The number of hydrogen-bond donors (Lipinski definition) is 2. The summed E-state index contributed by atoms with van der Waals surface area (Å²) in [5.74, 6) is 1.31. The molecule has 0 spiro atoms.